The summed E-state index contributed by atoms with van der Waals surface area (Å²) in [5, 5.41) is 2.98. The molecule has 0 radical (unpaired) electrons. The monoisotopic (exact) mass is 643 g/mol. The van der Waals surface area contributed by atoms with Crippen LogP contribution in [0.3, 0.4) is 0 Å². The third-order valence-corrected chi connectivity index (χ3v) is 8.16. The lowest BCUT2D eigenvalue weighted by Gasteiger charge is -2.34. The van der Waals surface area contributed by atoms with E-state index in [1.165, 1.54) is 12.0 Å². The van der Waals surface area contributed by atoms with Crippen molar-refractivity contribution in [2.24, 2.45) is 5.92 Å². The Balaban J connectivity index is 2.08. The van der Waals surface area contributed by atoms with Gasteiger partial charge in [-0.25, -0.2) is 8.42 Å². The van der Waals surface area contributed by atoms with E-state index in [9.17, 15) is 18.0 Å². The molecule has 3 aromatic carbocycles. The molecule has 0 aliphatic rings. The number of amides is 2. The fourth-order valence-electron chi connectivity index (χ4n) is 4.35. The number of carbonyl (C=O) groups is 2. The highest BCUT2D eigenvalue weighted by Gasteiger charge is 2.33. The van der Waals surface area contributed by atoms with Gasteiger partial charge in [0.25, 0.3) is 0 Å². The molecule has 220 valence electrons. The van der Waals surface area contributed by atoms with Crippen molar-refractivity contribution in [3.05, 3.63) is 94.0 Å². The first-order chi connectivity index (χ1) is 19.4. The van der Waals surface area contributed by atoms with E-state index in [0.717, 1.165) is 31.7 Å². The molecule has 0 saturated carbocycles. The summed E-state index contributed by atoms with van der Waals surface area (Å²) in [7, 11) is -2.45. The van der Waals surface area contributed by atoms with Gasteiger partial charge in [0, 0.05) is 24.0 Å². The van der Waals surface area contributed by atoms with Crippen LogP contribution in [0.4, 0.5) is 5.69 Å². The van der Waals surface area contributed by atoms with Gasteiger partial charge in [-0.2, -0.15) is 0 Å². The van der Waals surface area contributed by atoms with Crippen molar-refractivity contribution in [1.29, 1.82) is 0 Å². The zero-order valence-corrected chi connectivity index (χ0v) is 26.5. The summed E-state index contributed by atoms with van der Waals surface area (Å²) in [6.45, 7) is 5.88. The van der Waals surface area contributed by atoms with E-state index in [0.29, 0.717) is 12.3 Å². The second-order valence-electron chi connectivity index (χ2n) is 10.4. The van der Waals surface area contributed by atoms with Gasteiger partial charge in [-0.3, -0.25) is 13.9 Å². The zero-order chi connectivity index (χ0) is 30.2. The number of benzene rings is 3. The van der Waals surface area contributed by atoms with Gasteiger partial charge in [-0.15, -0.1) is 0 Å². The molecule has 1 N–H and O–H groups in total. The number of rotatable bonds is 13. The minimum Gasteiger partial charge on any atom is -0.495 e. The number of sulfonamides is 1. The molecule has 3 rings (SSSR count). The van der Waals surface area contributed by atoms with Crippen LogP contribution in [0.1, 0.15) is 30.5 Å². The molecule has 41 heavy (non-hydrogen) atoms. The van der Waals surface area contributed by atoms with E-state index in [-0.39, 0.29) is 30.5 Å². The average Bonchev–Trinajstić information content (AvgIpc) is 2.93. The van der Waals surface area contributed by atoms with Gasteiger partial charge >= 0.3 is 0 Å². The van der Waals surface area contributed by atoms with Crippen LogP contribution in [0.5, 0.6) is 5.75 Å². The maximum Gasteiger partial charge on any atom is 0.244 e. The predicted octanol–water partition coefficient (Wildman–Crippen LogP) is 4.94. The van der Waals surface area contributed by atoms with Crippen molar-refractivity contribution in [2.75, 3.05) is 30.8 Å². The van der Waals surface area contributed by atoms with Gasteiger partial charge in [-0.1, -0.05) is 78.3 Å². The maximum atomic E-state index is 14.2. The highest BCUT2D eigenvalue weighted by molar-refractivity contribution is 9.10. The van der Waals surface area contributed by atoms with Crippen molar-refractivity contribution < 1.29 is 22.7 Å². The molecular formula is C31H38BrN3O5S. The summed E-state index contributed by atoms with van der Waals surface area (Å²) in [5.41, 5.74) is 2.75. The Morgan fingerprint density at radius 1 is 0.976 bits per heavy atom. The first kappa shape index (κ1) is 32.1. The quantitative estimate of drug-likeness (QED) is 0.285. The summed E-state index contributed by atoms with van der Waals surface area (Å²) in [4.78, 5) is 29.3. The number of carbonyl (C=O) groups excluding carboxylic acids is 2. The van der Waals surface area contributed by atoms with Gasteiger partial charge in [-0.05, 0) is 53.8 Å². The molecule has 1 unspecified atom stereocenters. The molecule has 0 bridgehead atoms. The fourth-order valence-corrected chi connectivity index (χ4v) is 5.46. The molecule has 3 aromatic rings. The van der Waals surface area contributed by atoms with Crippen molar-refractivity contribution in [1.82, 2.24) is 10.2 Å². The maximum absolute atomic E-state index is 14.2. The Morgan fingerprint density at radius 3 is 2.22 bits per heavy atom. The normalized spacial score (nSPS) is 12.1. The third kappa shape index (κ3) is 9.33. The van der Waals surface area contributed by atoms with E-state index in [1.54, 1.807) is 18.2 Å². The lowest BCUT2D eigenvalue weighted by Crippen LogP contribution is -2.53. The lowest BCUT2D eigenvalue weighted by atomic mass is 10.0. The standard InChI is InChI=1S/C31H38BrN3O5S/c1-22(2)19-33-31(37)28(18-24-9-7-6-8-10-24)34(20-25-12-14-26(32)15-13-25)30(36)21-35(41(5,38)39)27-17-23(3)11-16-29(27)40-4/h6-17,22,28H,18-21H2,1-5H3,(H,33,37). The van der Waals surface area contributed by atoms with E-state index < -0.39 is 28.5 Å². The molecule has 0 aliphatic carbocycles. The summed E-state index contributed by atoms with van der Waals surface area (Å²) in [5.74, 6) is -0.278. The van der Waals surface area contributed by atoms with Crippen LogP contribution in [0.2, 0.25) is 0 Å². The molecule has 0 spiro atoms. The predicted molar refractivity (Wildman–Crippen MR) is 166 cm³/mol. The molecular weight excluding hydrogens is 606 g/mol. The van der Waals surface area contributed by atoms with E-state index in [4.69, 9.17) is 4.74 Å². The fraction of sp³-hybridized carbons (Fsp3) is 0.355. The number of hydrogen-bond acceptors (Lipinski definition) is 5. The first-order valence-electron chi connectivity index (χ1n) is 13.4. The second kappa shape index (κ2) is 14.5. The Hall–Kier alpha value is -3.37. The Kier molecular flexibility index (Phi) is 11.4. The van der Waals surface area contributed by atoms with Gasteiger partial charge in [0.15, 0.2) is 0 Å². The minimum atomic E-state index is -3.90. The molecule has 2 amide bonds. The van der Waals surface area contributed by atoms with Crippen LogP contribution in [0, 0.1) is 12.8 Å². The van der Waals surface area contributed by atoms with Crippen molar-refractivity contribution in [3.8, 4) is 5.75 Å². The number of hydrogen-bond donors (Lipinski definition) is 1. The average molecular weight is 645 g/mol. The Bertz CT molecular complexity index is 1430. The topological polar surface area (TPSA) is 96.0 Å². The highest BCUT2D eigenvalue weighted by atomic mass is 79.9. The molecule has 0 aliphatic heterocycles. The van der Waals surface area contributed by atoms with E-state index in [1.807, 2.05) is 75.4 Å². The number of nitrogens with one attached hydrogen (secondary N) is 1. The largest absolute Gasteiger partial charge is 0.495 e. The summed E-state index contributed by atoms with van der Waals surface area (Å²) < 4.78 is 33.5. The van der Waals surface area contributed by atoms with Crippen LogP contribution >= 0.6 is 15.9 Å². The Labute approximate surface area is 251 Å². The first-order valence-corrected chi connectivity index (χ1v) is 16.0. The second-order valence-corrected chi connectivity index (χ2v) is 13.3. The lowest BCUT2D eigenvalue weighted by molar-refractivity contribution is -0.140. The highest BCUT2D eigenvalue weighted by Crippen LogP contribution is 2.31. The number of anilines is 1. The summed E-state index contributed by atoms with van der Waals surface area (Å²) in [6.07, 6.45) is 1.32. The molecule has 0 saturated heterocycles. The minimum absolute atomic E-state index is 0.112. The van der Waals surface area contributed by atoms with E-state index >= 15 is 0 Å². The zero-order valence-electron chi connectivity index (χ0n) is 24.1. The number of halogens is 1. The van der Waals surface area contributed by atoms with Crippen LogP contribution in [0.25, 0.3) is 0 Å². The number of methoxy groups -OCH3 is 1. The number of ether oxygens (including phenoxy) is 1. The van der Waals surface area contributed by atoms with Crippen molar-refractivity contribution in [3.63, 3.8) is 0 Å². The van der Waals surface area contributed by atoms with Crippen molar-refractivity contribution >= 4 is 43.5 Å². The van der Waals surface area contributed by atoms with Crippen LogP contribution in [0.15, 0.2) is 77.3 Å². The van der Waals surface area contributed by atoms with Gasteiger partial charge in [0.1, 0.15) is 18.3 Å². The smallest absolute Gasteiger partial charge is 0.244 e. The third-order valence-electron chi connectivity index (χ3n) is 6.50. The molecule has 0 heterocycles. The molecule has 8 nitrogen and oxygen atoms in total. The summed E-state index contributed by atoms with van der Waals surface area (Å²) in [6, 6.07) is 21.2. The van der Waals surface area contributed by atoms with Crippen LogP contribution in [-0.2, 0) is 32.6 Å². The number of aryl methyl sites for hydroxylation is 1. The van der Waals surface area contributed by atoms with Crippen LogP contribution < -0.4 is 14.4 Å². The molecule has 0 aromatic heterocycles. The molecule has 10 heteroatoms. The SMILES string of the molecule is COc1ccc(C)cc1N(CC(=O)N(Cc1ccc(Br)cc1)C(Cc1ccccc1)C(=O)NCC(C)C)S(C)(=O)=O. The van der Waals surface area contributed by atoms with Gasteiger partial charge in [0.2, 0.25) is 21.8 Å². The van der Waals surface area contributed by atoms with E-state index in [2.05, 4.69) is 21.2 Å². The van der Waals surface area contributed by atoms with Gasteiger partial charge < -0.3 is 15.0 Å². The Morgan fingerprint density at radius 2 is 1.63 bits per heavy atom. The number of nitrogens with zero attached hydrogens (tertiary/aromatic N) is 2. The molecule has 1 atom stereocenters. The summed E-state index contributed by atoms with van der Waals surface area (Å²) >= 11 is 3.44. The van der Waals surface area contributed by atoms with Gasteiger partial charge in [0.05, 0.1) is 19.1 Å². The van der Waals surface area contributed by atoms with Crippen LogP contribution in [-0.4, -0.2) is 57.6 Å². The molecule has 0 fully saturated rings. The van der Waals surface area contributed by atoms with Crippen molar-refractivity contribution in [2.45, 2.75) is 39.8 Å².